The first-order chi connectivity index (χ1) is 11.0. The third-order valence-corrected chi connectivity index (χ3v) is 4.52. The van der Waals surface area contributed by atoms with Crippen LogP contribution in [0.4, 0.5) is 4.79 Å². The average molecular weight is 402 g/mol. The molecule has 23 heavy (non-hydrogen) atoms. The predicted molar refractivity (Wildman–Crippen MR) is 91.8 cm³/mol. The van der Waals surface area contributed by atoms with Crippen LogP contribution in [0.2, 0.25) is 0 Å². The Morgan fingerprint density at radius 3 is 2.57 bits per heavy atom. The molecular weight excluding hydrogens is 386 g/mol. The maximum Gasteiger partial charge on any atom is 0.293 e. The fourth-order valence-corrected chi connectivity index (χ4v) is 3.39. The van der Waals surface area contributed by atoms with Gasteiger partial charge in [-0.3, -0.25) is 14.5 Å². The lowest BCUT2D eigenvalue weighted by Gasteiger charge is -2.12. The zero-order valence-corrected chi connectivity index (χ0v) is 15.3. The smallest absolute Gasteiger partial charge is 0.293 e. The van der Waals surface area contributed by atoms with Gasteiger partial charge in [0.1, 0.15) is 0 Å². The van der Waals surface area contributed by atoms with Gasteiger partial charge in [0.05, 0.1) is 32.3 Å². The Morgan fingerprint density at radius 2 is 1.96 bits per heavy atom. The third-order valence-electron chi connectivity index (χ3n) is 3.15. The van der Waals surface area contributed by atoms with Gasteiger partial charge in [0.25, 0.3) is 11.1 Å². The second-order valence-corrected chi connectivity index (χ2v) is 6.47. The Labute approximate surface area is 146 Å². The molecule has 1 aliphatic heterocycles. The number of thioether (sulfide) groups is 1. The van der Waals surface area contributed by atoms with Crippen molar-refractivity contribution >= 4 is 44.9 Å². The summed E-state index contributed by atoms with van der Waals surface area (Å²) in [6.07, 6.45) is 1.63. The van der Waals surface area contributed by atoms with Gasteiger partial charge in [0.15, 0.2) is 11.5 Å². The normalized spacial score (nSPS) is 16.3. The van der Waals surface area contributed by atoms with Crippen LogP contribution < -0.4 is 9.47 Å². The van der Waals surface area contributed by atoms with Crippen LogP contribution in [0, 0.1) is 0 Å². The molecule has 0 radical (unpaired) electrons. The first-order valence-corrected chi connectivity index (χ1v) is 8.28. The Morgan fingerprint density at radius 1 is 1.22 bits per heavy atom. The van der Waals surface area contributed by atoms with Crippen LogP contribution in [0.5, 0.6) is 11.5 Å². The van der Waals surface area contributed by atoms with Crippen LogP contribution in [0.3, 0.4) is 0 Å². The van der Waals surface area contributed by atoms with E-state index in [-0.39, 0.29) is 17.7 Å². The van der Waals surface area contributed by atoms with Crippen molar-refractivity contribution < 1.29 is 23.8 Å². The van der Waals surface area contributed by atoms with E-state index in [1.807, 2.05) is 0 Å². The monoisotopic (exact) mass is 401 g/mol. The largest absolute Gasteiger partial charge is 0.493 e. The van der Waals surface area contributed by atoms with E-state index >= 15 is 0 Å². The summed E-state index contributed by atoms with van der Waals surface area (Å²) in [7, 11) is 4.58. The van der Waals surface area contributed by atoms with Crippen molar-refractivity contribution in [2.75, 3.05) is 34.5 Å². The van der Waals surface area contributed by atoms with Gasteiger partial charge in [-0.15, -0.1) is 0 Å². The summed E-state index contributed by atoms with van der Waals surface area (Å²) in [5, 5.41) is -0.306. The second kappa shape index (κ2) is 7.85. The summed E-state index contributed by atoms with van der Waals surface area (Å²) in [5.41, 5.74) is 0.649. The molecular formula is C15H16BrNO5S. The number of carbonyl (C=O) groups excluding carboxylic acids is 2. The molecule has 1 fully saturated rings. The number of hydrogen-bond donors (Lipinski definition) is 0. The van der Waals surface area contributed by atoms with E-state index in [0.29, 0.717) is 28.6 Å². The van der Waals surface area contributed by atoms with Crippen LogP contribution in [0.25, 0.3) is 6.08 Å². The standard InChI is InChI=1S/C15H16BrNO5S/c1-20-5-4-17-14(18)12(23-15(17)19)7-9-6-10(16)8-11(21-2)13(9)22-3/h6-8H,4-5H2,1-3H3/b12-7+. The van der Waals surface area contributed by atoms with E-state index in [9.17, 15) is 9.59 Å². The second-order valence-electron chi connectivity index (χ2n) is 4.56. The first kappa shape index (κ1) is 17.8. The molecule has 2 amide bonds. The Hall–Kier alpha value is -1.51. The third kappa shape index (κ3) is 3.88. The molecule has 0 bridgehead atoms. The van der Waals surface area contributed by atoms with E-state index in [0.717, 1.165) is 16.2 Å². The lowest BCUT2D eigenvalue weighted by atomic mass is 10.1. The quantitative estimate of drug-likeness (QED) is 0.682. The zero-order valence-electron chi connectivity index (χ0n) is 12.9. The summed E-state index contributed by atoms with van der Waals surface area (Å²) in [6, 6.07) is 3.56. The van der Waals surface area contributed by atoms with Gasteiger partial charge in [0.2, 0.25) is 0 Å². The highest BCUT2D eigenvalue weighted by atomic mass is 79.9. The Kier molecular flexibility index (Phi) is 6.09. The van der Waals surface area contributed by atoms with Crippen molar-refractivity contribution in [2.45, 2.75) is 0 Å². The zero-order chi connectivity index (χ0) is 17.0. The molecule has 124 valence electrons. The van der Waals surface area contributed by atoms with Gasteiger partial charge >= 0.3 is 0 Å². The molecule has 0 atom stereocenters. The molecule has 1 aromatic rings. The summed E-state index contributed by atoms with van der Waals surface area (Å²) in [6.45, 7) is 0.538. The van der Waals surface area contributed by atoms with Crippen molar-refractivity contribution in [3.8, 4) is 11.5 Å². The van der Waals surface area contributed by atoms with Crippen molar-refractivity contribution in [3.63, 3.8) is 0 Å². The predicted octanol–water partition coefficient (Wildman–Crippen LogP) is 3.15. The number of nitrogens with zero attached hydrogens (tertiary/aromatic N) is 1. The number of hydrogen-bond acceptors (Lipinski definition) is 6. The van der Waals surface area contributed by atoms with Gasteiger partial charge in [0, 0.05) is 17.1 Å². The minimum Gasteiger partial charge on any atom is -0.493 e. The van der Waals surface area contributed by atoms with Crippen molar-refractivity contribution in [1.29, 1.82) is 0 Å². The number of imide groups is 1. The van der Waals surface area contributed by atoms with E-state index in [4.69, 9.17) is 14.2 Å². The number of amides is 2. The van der Waals surface area contributed by atoms with E-state index < -0.39 is 0 Å². The number of carbonyl (C=O) groups is 2. The van der Waals surface area contributed by atoms with Crippen LogP contribution in [-0.4, -0.2) is 50.5 Å². The molecule has 1 saturated heterocycles. The Balaban J connectivity index is 2.37. The SMILES string of the molecule is COCCN1C(=O)S/C(=C/c2cc(Br)cc(OC)c2OC)C1=O. The molecule has 0 aliphatic carbocycles. The summed E-state index contributed by atoms with van der Waals surface area (Å²) in [4.78, 5) is 25.8. The van der Waals surface area contributed by atoms with Crippen LogP contribution >= 0.6 is 27.7 Å². The Bertz CT molecular complexity index is 662. The van der Waals surface area contributed by atoms with E-state index in [2.05, 4.69) is 15.9 Å². The van der Waals surface area contributed by atoms with Gasteiger partial charge in [-0.2, -0.15) is 0 Å². The fraction of sp³-hybridized carbons (Fsp3) is 0.333. The van der Waals surface area contributed by atoms with Crippen molar-refractivity contribution in [1.82, 2.24) is 4.90 Å². The minimum atomic E-state index is -0.335. The molecule has 0 spiro atoms. The summed E-state index contributed by atoms with van der Waals surface area (Å²) in [5.74, 6) is 0.698. The fourth-order valence-electron chi connectivity index (χ4n) is 2.08. The topological polar surface area (TPSA) is 65.1 Å². The highest BCUT2D eigenvalue weighted by molar-refractivity contribution is 9.10. The lowest BCUT2D eigenvalue weighted by molar-refractivity contribution is -0.123. The average Bonchev–Trinajstić information content (AvgIpc) is 2.78. The molecule has 0 unspecified atom stereocenters. The molecule has 0 N–H and O–H groups in total. The van der Waals surface area contributed by atoms with Crippen molar-refractivity contribution in [2.24, 2.45) is 0 Å². The number of benzene rings is 1. The number of halogens is 1. The minimum absolute atomic E-state index is 0.234. The molecule has 2 rings (SSSR count). The highest BCUT2D eigenvalue weighted by Crippen LogP contribution is 2.39. The molecule has 1 aromatic carbocycles. The number of ether oxygens (including phenoxy) is 3. The van der Waals surface area contributed by atoms with Gasteiger partial charge in [-0.25, -0.2) is 0 Å². The van der Waals surface area contributed by atoms with Crippen molar-refractivity contribution in [3.05, 3.63) is 27.1 Å². The maximum atomic E-state index is 12.3. The maximum absolute atomic E-state index is 12.3. The van der Waals surface area contributed by atoms with Gasteiger partial charge in [-0.05, 0) is 30.0 Å². The van der Waals surface area contributed by atoms with Crippen LogP contribution in [-0.2, 0) is 9.53 Å². The number of rotatable bonds is 6. The molecule has 8 heteroatoms. The molecule has 1 aliphatic rings. The number of methoxy groups -OCH3 is 3. The van der Waals surface area contributed by atoms with Crippen LogP contribution in [0.1, 0.15) is 5.56 Å². The molecule has 6 nitrogen and oxygen atoms in total. The van der Waals surface area contributed by atoms with Gasteiger partial charge < -0.3 is 14.2 Å². The lowest BCUT2D eigenvalue weighted by Crippen LogP contribution is -2.31. The first-order valence-electron chi connectivity index (χ1n) is 6.67. The van der Waals surface area contributed by atoms with E-state index in [1.54, 1.807) is 18.2 Å². The molecule has 1 heterocycles. The molecule has 0 aromatic heterocycles. The summed E-state index contributed by atoms with van der Waals surface area (Å²) < 4.78 is 16.3. The van der Waals surface area contributed by atoms with Gasteiger partial charge in [-0.1, -0.05) is 15.9 Å². The van der Waals surface area contributed by atoms with E-state index in [1.165, 1.54) is 26.2 Å². The summed E-state index contributed by atoms with van der Waals surface area (Å²) >= 11 is 4.29. The highest BCUT2D eigenvalue weighted by Gasteiger charge is 2.34. The molecule has 0 saturated carbocycles. The van der Waals surface area contributed by atoms with Crippen LogP contribution in [0.15, 0.2) is 21.5 Å².